The molecular formula is C9H12ClN5. The van der Waals surface area contributed by atoms with E-state index in [2.05, 4.69) is 9.98 Å². The zero-order valence-corrected chi connectivity index (χ0v) is 8.81. The van der Waals surface area contributed by atoms with Gasteiger partial charge in [-0.05, 0) is 24.3 Å². The highest BCUT2D eigenvalue weighted by Crippen LogP contribution is 2.16. The number of halogens is 1. The van der Waals surface area contributed by atoms with Gasteiger partial charge in [0.05, 0.1) is 0 Å². The second-order valence-corrected chi connectivity index (χ2v) is 2.95. The predicted octanol–water partition coefficient (Wildman–Crippen LogP) is 0.811. The molecule has 0 radical (unpaired) electrons. The number of aliphatic imine (C=N–C) groups is 2. The fourth-order valence-electron chi connectivity index (χ4n) is 1.23. The van der Waals surface area contributed by atoms with Gasteiger partial charge in [0.25, 0.3) is 0 Å². The first-order valence-corrected chi connectivity index (χ1v) is 4.22. The van der Waals surface area contributed by atoms with Gasteiger partial charge in [-0.1, -0.05) is 0 Å². The van der Waals surface area contributed by atoms with E-state index in [4.69, 9.17) is 11.5 Å². The number of anilines is 2. The Kier molecular flexibility index (Phi) is 3.51. The first-order valence-electron chi connectivity index (χ1n) is 4.22. The molecule has 1 aliphatic rings. The molecule has 0 aromatic heterocycles. The number of hydrogen-bond donors (Lipinski definition) is 2. The van der Waals surface area contributed by atoms with Crippen LogP contribution in [0.1, 0.15) is 0 Å². The molecule has 0 saturated heterocycles. The molecule has 2 rings (SSSR count). The molecule has 1 aliphatic heterocycles. The van der Waals surface area contributed by atoms with E-state index in [0.29, 0.717) is 12.6 Å². The third-order valence-corrected chi connectivity index (χ3v) is 1.98. The first-order chi connectivity index (χ1) is 6.77. The Morgan fingerprint density at radius 2 is 1.80 bits per heavy atom. The van der Waals surface area contributed by atoms with E-state index in [1.807, 2.05) is 24.3 Å². The Labute approximate surface area is 93.9 Å². The van der Waals surface area contributed by atoms with E-state index in [1.54, 1.807) is 4.90 Å². The number of hydrogen-bond acceptors (Lipinski definition) is 5. The number of guanidine groups is 1. The highest BCUT2D eigenvalue weighted by molar-refractivity contribution is 6.00. The monoisotopic (exact) mass is 225 g/mol. The van der Waals surface area contributed by atoms with E-state index < -0.39 is 0 Å². The van der Waals surface area contributed by atoms with Crippen molar-refractivity contribution < 1.29 is 0 Å². The van der Waals surface area contributed by atoms with Crippen LogP contribution in [0, 0.1) is 0 Å². The van der Waals surface area contributed by atoms with Crippen molar-refractivity contribution in [2.24, 2.45) is 15.7 Å². The maximum absolute atomic E-state index is 5.70. The molecular weight excluding hydrogens is 214 g/mol. The smallest absolute Gasteiger partial charge is 0.203 e. The zero-order chi connectivity index (χ0) is 9.97. The molecule has 1 aromatic carbocycles. The van der Waals surface area contributed by atoms with Crippen LogP contribution in [-0.4, -0.2) is 19.0 Å². The molecule has 0 spiro atoms. The lowest BCUT2D eigenvalue weighted by Crippen LogP contribution is -2.39. The molecule has 1 heterocycles. The summed E-state index contributed by atoms with van der Waals surface area (Å²) in [6.45, 7) is 0.499. The molecule has 1 aromatic rings. The van der Waals surface area contributed by atoms with Crippen LogP contribution in [-0.2, 0) is 0 Å². The van der Waals surface area contributed by atoms with Crippen LogP contribution in [0.15, 0.2) is 34.3 Å². The standard InChI is InChI=1S/C9H11N5.ClH/c10-7-1-3-8(4-2-7)14-6-12-5-13-9(14)11;/h1-5H,6,10H2,(H2,11,12,13);1H. The molecule has 0 unspecified atom stereocenters. The van der Waals surface area contributed by atoms with Crippen LogP contribution in [0.4, 0.5) is 11.4 Å². The maximum atomic E-state index is 5.70. The summed E-state index contributed by atoms with van der Waals surface area (Å²) < 4.78 is 0. The van der Waals surface area contributed by atoms with Crippen molar-refractivity contribution in [1.29, 1.82) is 0 Å². The van der Waals surface area contributed by atoms with Crippen molar-refractivity contribution in [3.05, 3.63) is 24.3 Å². The number of nitrogens with two attached hydrogens (primary N) is 2. The minimum Gasteiger partial charge on any atom is -0.399 e. The highest BCUT2D eigenvalue weighted by atomic mass is 35.5. The highest BCUT2D eigenvalue weighted by Gasteiger charge is 2.11. The largest absolute Gasteiger partial charge is 0.399 e. The summed E-state index contributed by atoms with van der Waals surface area (Å²) in [4.78, 5) is 9.72. The van der Waals surface area contributed by atoms with Crippen LogP contribution in [0.25, 0.3) is 0 Å². The quantitative estimate of drug-likeness (QED) is 0.695. The van der Waals surface area contributed by atoms with Gasteiger partial charge >= 0.3 is 0 Å². The summed E-state index contributed by atoms with van der Waals surface area (Å²) in [6, 6.07) is 7.42. The van der Waals surface area contributed by atoms with E-state index >= 15 is 0 Å². The van der Waals surface area contributed by atoms with Crippen molar-refractivity contribution in [2.75, 3.05) is 17.3 Å². The van der Waals surface area contributed by atoms with E-state index in [0.717, 1.165) is 11.4 Å². The molecule has 80 valence electrons. The van der Waals surface area contributed by atoms with Gasteiger partial charge in [0.2, 0.25) is 5.96 Å². The fourth-order valence-corrected chi connectivity index (χ4v) is 1.23. The summed E-state index contributed by atoms with van der Waals surface area (Å²) in [7, 11) is 0. The molecule has 5 nitrogen and oxygen atoms in total. The molecule has 0 bridgehead atoms. The second-order valence-electron chi connectivity index (χ2n) is 2.95. The first kappa shape index (κ1) is 11.3. The van der Waals surface area contributed by atoms with Crippen LogP contribution in [0.2, 0.25) is 0 Å². The Hall–Kier alpha value is -1.75. The average molecular weight is 226 g/mol. The van der Waals surface area contributed by atoms with E-state index in [1.165, 1.54) is 6.34 Å². The third-order valence-electron chi connectivity index (χ3n) is 1.98. The molecule has 0 fully saturated rings. The Morgan fingerprint density at radius 1 is 1.13 bits per heavy atom. The van der Waals surface area contributed by atoms with Gasteiger partial charge in [0, 0.05) is 11.4 Å². The minimum absolute atomic E-state index is 0. The summed E-state index contributed by atoms with van der Waals surface area (Å²) in [5.41, 5.74) is 13.0. The molecule has 0 aliphatic carbocycles. The van der Waals surface area contributed by atoms with Gasteiger partial charge in [-0.25, -0.2) is 4.99 Å². The van der Waals surface area contributed by atoms with Crippen molar-refractivity contribution in [3.63, 3.8) is 0 Å². The lowest BCUT2D eigenvalue weighted by atomic mass is 10.2. The third kappa shape index (κ3) is 2.38. The molecule has 6 heteroatoms. The molecule has 0 atom stereocenters. The second kappa shape index (κ2) is 4.65. The predicted molar refractivity (Wildman–Crippen MR) is 65.6 cm³/mol. The van der Waals surface area contributed by atoms with Crippen LogP contribution in [0.3, 0.4) is 0 Å². The van der Waals surface area contributed by atoms with E-state index in [-0.39, 0.29) is 12.4 Å². The van der Waals surface area contributed by atoms with Crippen LogP contribution in [0.5, 0.6) is 0 Å². The van der Waals surface area contributed by atoms with Crippen molar-refractivity contribution >= 4 is 36.1 Å². The summed E-state index contributed by atoms with van der Waals surface area (Å²) in [5, 5.41) is 0. The van der Waals surface area contributed by atoms with E-state index in [9.17, 15) is 0 Å². The number of rotatable bonds is 1. The fraction of sp³-hybridized carbons (Fsp3) is 0.111. The minimum atomic E-state index is 0. The van der Waals surface area contributed by atoms with Gasteiger partial charge in [0.1, 0.15) is 13.0 Å². The van der Waals surface area contributed by atoms with Crippen LogP contribution >= 0.6 is 12.4 Å². The topological polar surface area (TPSA) is 80.0 Å². The average Bonchev–Trinajstić information content (AvgIpc) is 2.20. The van der Waals surface area contributed by atoms with Crippen LogP contribution < -0.4 is 16.4 Å². The van der Waals surface area contributed by atoms with Gasteiger partial charge < -0.3 is 11.5 Å². The van der Waals surface area contributed by atoms with Gasteiger partial charge in [-0.2, -0.15) is 0 Å². The maximum Gasteiger partial charge on any atom is 0.203 e. The normalized spacial score (nSPS) is 14.4. The summed E-state index contributed by atoms with van der Waals surface area (Å²) in [5.74, 6) is 0.449. The lowest BCUT2D eigenvalue weighted by molar-refractivity contribution is 0.986. The lowest BCUT2D eigenvalue weighted by Gasteiger charge is -2.23. The molecule has 4 N–H and O–H groups in total. The molecule has 0 amide bonds. The Morgan fingerprint density at radius 3 is 2.40 bits per heavy atom. The molecule has 15 heavy (non-hydrogen) atoms. The number of nitrogen functional groups attached to an aromatic ring is 1. The SMILES string of the molecule is Cl.NC1=NC=NCN1c1ccc(N)cc1. The van der Waals surface area contributed by atoms with Crippen molar-refractivity contribution in [2.45, 2.75) is 0 Å². The van der Waals surface area contributed by atoms with Crippen molar-refractivity contribution in [1.82, 2.24) is 0 Å². The Balaban J connectivity index is 0.00000112. The summed E-state index contributed by atoms with van der Waals surface area (Å²) >= 11 is 0. The number of nitrogens with zero attached hydrogens (tertiary/aromatic N) is 3. The van der Waals surface area contributed by atoms with Gasteiger partial charge in [-0.15, -0.1) is 12.4 Å². The number of benzene rings is 1. The zero-order valence-electron chi connectivity index (χ0n) is 8.00. The molecule has 0 saturated carbocycles. The van der Waals surface area contributed by atoms with Gasteiger partial charge in [-0.3, -0.25) is 9.89 Å². The Bertz CT molecular complexity index is 384. The van der Waals surface area contributed by atoms with Gasteiger partial charge in [0.15, 0.2) is 0 Å². The van der Waals surface area contributed by atoms with Crippen molar-refractivity contribution in [3.8, 4) is 0 Å². The summed E-state index contributed by atoms with van der Waals surface area (Å²) in [6.07, 6.45) is 1.46.